The molecular formula is C15H32IN3O2. The van der Waals surface area contributed by atoms with Gasteiger partial charge in [-0.2, -0.15) is 0 Å². The van der Waals surface area contributed by atoms with Crippen LogP contribution in [0.1, 0.15) is 33.1 Å². The molecule has 5 nitrogen and oxygen atoms in total. The van der Waals surface area contributed by atoms with Crippen LogP contribution in [0.15, 0.2) is 4.99 Å². The number of rotatable bonds is 7. The van der Waals surface area contributed by atoms with Crippen molar-refractivity contribution >= 4 is 29.9 Å². The van der Waals surface area contributed by atoms with Gasteiger partial charge in [0.05, 0.1) is 6.10 Å². The largest absolute Gasteiger partial charge is 0.385 e. The van der Waals surface area contributed by atoms with Gasteiger partial charge in [0.1, 0.15) is 0 Å². The van der Waals surface area contributed by atoms with E-state index in [1.807, 2.05) is 7.05 Å². The van der Waals surface area contributed by atoms with Crippen LogP contribution in [-0.4, -0.2) is 64.0 Å². The molecule has 0 spiro atoms. The van der Waals surface area contributed by atoms with Gasteiger partial charge in [-0.1, -0.05) is 13.8 Å². The monoisotopic (exact) mass is 413 g/mol. The summed E-state index contributed by atoms with van der Waals surface area (Å²) in [4.78, 5) is 6.70. The van der Waals surface area contributed by atoms with Gasteiger partial charge < -0.3 is 19.7 Å². The second-order valence-corrected chi connectivity index (χ2v) is 5.73. The molecule has 0 aromatic heterocycles. The maximum Gasteiger partial charge on any atom is 0.193 e. The maximum atomic E-state index is 5.88. The minimum Gasteiger partial charge on any atom is -0.385 e. The Hall–Kier alpha value is -0.0800. The lowest BCUT2D eigenvalue weighted by atomic mass is 10.1. The third-order valence-electron chi connectivity index (χ3n) is 3.47. The van der Waals surface area contributed by atoms with E-state index in [9.17, 15) is 0 Å². The first-order chi connectivity index (χ1) is 9.67. The highest BCUT2D eigenvalue weighted by atomic mass is 127. The number of halogens is 1. The molecule has 0 radical (unpaired) electrons. The second kappa shape index (κ2) is 12.5. The van der Waals surface area contributed by atoms with Gasteiger partial charge in [0.25, 0.3) is 0 Å². The van der Waals surface area contributed by atoms with Gasteiger partial charge in [0.2, 0.25) is 0 Å². The molecule has 0 aromatic rings. The maximum absolute atomic E-state index is 5.88. The number of methoxy groups -OCH3 is 1. The van der Waals surface area contributed by atoms with Crippen molar-refractivity contribution in [1.82, 2.24) is 10.2 Å². The minimum absolute atomic E-state index is 0. The molecule has 0 unspecified atom stereocenters. The molecule has 0 saturated carbocycles. The normalized spacial score (nSPS) is 17.0. The lowest BCUT2D eigenvalue weighted by Crippen LogP contribution is -2.47. The van der Waals surface area contributed by atoms with Crippen LogP contribution >= 0.6 is 24.0 Å². The Morgan fingerprint density at radius 1 is 1.29 bits per heavy atom. The second-order valence-electron chi connectivity index (χ2n) is 5.73. The van der Waals surface area contributed by atoms with Crippen LogP contribution in [-0.2, 0) is 9.47 Å². The molecule has 1 fully saturated rings. The number of aliphatic imine (C=N–C) groups is 1. The van der Waals surface area contributed by atoms with Gasteiger partial charge in [-0.15, -0.1) is 24.0 Å². The highest BCUT2D eigenvalue weighted by molar-refractivity contribution is 14.0. The Labute approximate surface area is 146 Å². The van der Waals surface area contributed by atoms with Crippen LogP contribution in [0, 0.1) is 5.92 Å². The lowest BCUT2D eigenvalue weighted by Gasteiger charge is -2.34. The van der Waals surface area contributed by atoms with Gasteiger partial charge in [0.15, 0.2) is 5.96 Å². The number of piperidine rings is 1. The van der Waals surface area contributed by atoms with Crippen LogP contribution < -0.4 is 5.32 Å². The molecule has 1 rings (SSSR count). The van der Waals surface area contributed by atoms with Crippen molar-refractivity contribution in [3.8, 4) is 0 Å². The van der Waals surface area contributed by atoms with Gasteiger partial charge in [-0.25, -0.2) is 0 Å². The van der Waals surface area contributed by atoms with Crippen molar-refractivity contribution < 1.29 is 9.47 Å². The van der Waals surface area contributed by atoms with Crippen LogP contribution in [0.3, 0.4) is 0 Å². The number of nitrogens with one attached hydrogen (secondary N) is 1. The summed E-state index contributed by atoms with van der Waals surface area (Å²) in [5.74, 6) is 1.66. The van der Waals surface area contributed by atoms with Gasteiger partial charge in [-0.3, -0.25) is 4.99 Å². The van der Waals surface area contributed by atoms with Crippen molar-refractivity contribution in [3.05, 3.63) is 0 Å². The molecule has 0 aromatic carbocycles. The quantitative estimate of drug-likeness (QED) is 0.301. The number of ether oxygens (including phenoxy) is 2. The van der Waals surface area contributed by atoms with Crippen LogP contribution in [0.25, 0.3) is 0 Å². The number of hydrogen-bond donors (Lipinski definition) is 1. The topological polar surface area (TPSA) is 46.1 Å². The molecule has 6 heteroatoms. The summed E-state index contributed by atoms with van der Waals surface area (Å²) in [6.45, 7) is 9.02. The number of nitrogens with zero attached hydrogens (tertiary/aromatic N) is 2. The van der Waals surface area contributed by atoms with E-state index < -0.39 is 0 Å². The molecule has 21 heavy (non-hydrogen) atoms. The summed E-state index contributed by atoms with van der Waals surface area (Å²) in [6.07, 6.45) is 3.53. The fourth-order valence-corrected chi connectivity index (χ4v) is 2.32. The van der Waals surface area contributed by atoms with E-state index in [-0.39, 0.29) is 24.0 Å². The Morgan fingerprint density at radius 3 is 2.48 bits per heavy atom. The van der Waals surface area contributed by atoms with E-state index in [0.717, 1.165) is 58.1 Å². The molecular weight excluding hydrogens is 381 g/mol. The van der Waals surface area contributed by atoms with E-state index in [1.54, 1.807) is 7.11 Å². The predicted molar refractivity (Wildman–Crippen MR) is 98.7 cm³/mol. The van der Waals surface area contributed by atoms with Crippen LogP contribution in [0.4, 0.5) is 0 Å². The summed E-state index contributed by atoms with van der Waals surface area (Å²) in [6, 6.07) is 0. The smallest absolute Gasteiger partial charge is 0.193 e. The Balaban J connectivity index is 0.00000400. The molecule has 1 aliphatic rings. The van der Waals surface area contributed by atoms with Crippen molar-refractivity contribution in [2.75, 3.05) is 47.0 Å². The van der Waals surface area contributed by atoms with Crippen molar-refractivity contribution in [1.29, 1.82) is 0 Å². The average molecular weight is 413 g/mol. The molecule has 0 aliphatic carbocycles. The molecule has 1 saturated heterocycles. The highest BCUT2D eigenvalue weighted by Gasteiger charge is 2.21. The number of hydrogen-bond acceptors (Lipinski definition) is 3. The van der Waals surface area contributed by atoms with Crippen LogP contribution in [0.2, 0.25) is 0 Å². The van der Waals surface area contributed by atoms with E-state index in [0.29, 0.717) is 12.0 Å². The van der Waals surface area contributed by atoms with Crippen molar-refractivity contribution in [3.63, 3.8) is 0 Å². The first-order valence-corrected chi connectivity index (χ1v) is 7.73. The minimum atomic E-state index is 0. The predicted octanol–water partition coefficient (Wildman–Crippen LogP) is 2.35. The lowest BCUT2D eigenvalue weighted by molar-refractivity contribution is 0.00989. The Morgan fingerprint density at radius 2 is 1.95 bits per heavy atom. The molecule has 1 heterocycles. The van der Waals surface area contributed by atoms with Crippen LogP contribution in [0.5, 0.6) is 0 Å². The summed E-state index contributed by atoms with van der Waals surface area (Å²) >= 11 is 0. The molecule has 0 atom stereocenters. The van der Waals surface area contributed by atoms with E-state index in [4.69, 9.17) is 9.47 Å². The zero-order valence-corrected chi connectivity index (χ0v) is 16.3. The van der Waals surface area contributed by atoms with Gasteiger partial charge >= 0.3 is 0 Å². The zero-order valence-electron chi connectivity index (χ0n) is 13.9. The van der Waals surface area contributed by atoms with Gasteiger partial charge in [-0.05, 0) is 25.2 Å². The SMILES string of the molecule is CN=C(NCC(C)C)N1CCC(OCCCOC)CC1.I. The summed E-state index contributed by atoms with van der Waals surface area (Å²) in [5.41, 5.74) is 0. The fraction of sp³-hybridized carbons (Fsp3) is 0.933. The summed E-state index contributed by atoms with van der Waals surface area (Å²) < 4.78 is 10.9. The third kappa shape index (κ3) is 8.83. The average Bonchev–Trinajstić information content (AvgIpc) is 2.45. The van der Waals surface area contributed by atoms with E-state index in [1.165, 1.54) is 0 Å². The standard InChI is InChI=1S/C15H31N3O2.HI/c1-13(2)12-17-15(16-3)18-8-6-14(7-9-18)20-11-5-10-19-4;/h13-14H,5-12H2,1-4H3,(H,16,17);1H. The Kier molecular flexibility index (Phi) is 12.4. The summed E-state index contributed by atoms with van der Waals surface area (Å²) in [5, 5.41) is 3.43. The third-order valence-corrected chi connectivity index (χ3v) is 3.47. The molecule has 1 N–H and O–H groups in total. The zero-order chi connectivity index (χ0) is 14.8. The first-order valence-electron chi connectivity index (χ1n) is 7.73. The highest BCUT2D eigenvalue weighted by Crippen LogP contribution is 2.14. The number of guanidine groups is 1. The van der Waals surface area contributed by atoms with E-state index >= 15 is 0 Å². The summed E-state index contributed by atoms with van der Waals surface area (Å²) in [7, 11) is 3.59. The molecule has 0 amide bonds. The Bertz CT molecular complexity index is 280. The number of likely N-dealkylation sites (tertiary alicyclic amines) is 1. The van der Waals surface area contributed by atoms with Gasteiger partial charge in [0, 0.05) is 47.0 Å². The molecule has 126 valence electrons. The fourth-order valence-electron chi connectivity index (χ4n) is 2.32. The van der Waals surface area contributed by atoms with Crippen molar-refractivity contribution in [2.24, 2.45) is 10.9 Å². The van der Waals surface area contributed by atoms with Crippen molar-refractivity contribution in [2.45, 2.75) is 39.2 Å². The molecule has 1 aliphatic heterocycles. The van der Waals surface area contributed by atoms with E-state index in [2.05, 4.69) is 29.1 Å². The first kappa shape index (κ1) is 20.9. The molecule has 0 bridgehead atoms.